The lowest BCUT2D eigenvalue weighted by Crippen LogP contribution is -2.37. The molecule has 0 fully saturated rings. The predicted molar refractivity (Wildman–Crippen MR) is 254 cm³/mol. The highest BCUT2D eigenvalue weighted by atomic mass is 15.2. The molecule has 0 bridgehead atoms. The van der Waals surface area contributed by atoms with Gasteiger partial charge in [0, 0.05) is 58.7 Å². The highest BCUT2D eigenvalue weighted by Gasteiger charge is 2.26. The van der Waals surface area contributed by atoms with Gasteiger partial charge < -0.3 is 21.3 Å². The summed E-state index contributed by atoms with van der Waals surface area (Å²) in [6.07, 6.45) is 14.2. The number of benzene rings is 6. The molecule has 5 nitrogen and oxygen atoms in total. The minimum absolute atomic E-state index is 0.218. The summed E-state index contributed by atoms with van der Waals surface area (Å²) in [5.74, 6) is 0.533. The van der Waals surface area contributed by atoms with E-state index >= 15 is 0 Å². The van der Waals surface area contributed by atoms with Crippen molar-refractivity contribution < 1.29 is 0 Å². The van der Waals surface area contributed by atoms with Gasteiger partial charge in [0.15, 0.2) is 0 Å². The number of rotatable bonds is 12. The fourth-order valence-electron chi connectivity index (χ4n) is 9.07. The number of hydrogen-bond donors (Lipinski definition) is 2. The molecule has 0 radical (unpaired) electrons. The van der Waals surface area contributed by atoms with Crippen LogP contribution in [0.15, 0.2) is 164 Å². The van der Waals surface area contributed by atoms with Crippen LogP contribution in [0, 0.1) is 5.92 Å². The third-order valence-electron chi connectivity index (χ3n) is 11.8. The van der Waals surface area contributed by atoms with Crippen LogP contribution in [-0.2, 0) is 0 Å². The van der Waals surface area contributed by atoms with E-state index in [1.165, 1.54) is 21.7 Å². The Morgan fingerprint density at radius 1 is 0.627 bits per heavy atom. The van der Waals surface area contributed by atoms with Crippen LogP contribution >= 0.6 is 0 Å². The van der Waals surface area contributed by atoms with Crippen LogP contribution in [0.2, 0.25) is 0 Å². The first-order valence-corrected chi connectivity index (χ1v) is 21.3. The second-order valence-corrected chi connectivity index (χ2v) is 16.2. The quantitative estimate of drug-likeness (QED) is 0.121. The molecule has 8 rings (SSSR count). The Kier molecular flexibility index (Phi) is 11.8. The molecule has 0 saturated carbocycles. The minimum atomic E-state index is 0.218. The normalized spacial score (nSPS) is 16.4. The Bertz CT molecular complexity index is 2500. The Morgan fingerprint density at radius 2 is 1.14 bits per heavy atom. The maximum atomic E-state index is 7.36. The molecule has 0 aromatic heterocycles. The number of para-hydroxylation sites is 3. The van der Waals surface area contributed by atoms with Crippen LogP contribution in [0.5, 0.6) is 0 Å². The van der Waals surface area contributed by atoms with Gasteiger partial charge in [-0.15, -0.1) is 0 Å². The summed E-state index contributed by atoms with van der Waals surface area (Å²) in [6.45, 7) is 11.1. The van der Waals surface area contributed by atoms with Crippen LogP contribution in [0.3, 0.4) is 0 Å². The number of anilines is 7. The Labute approximate surface area is 350 Å². The van der Waals surface area contributed by atoms with Gasteiger partial charge in [-0.2, -0.15) is 0 Å². The van der Waals surface area contributed by atoms with E-state index in [2.05, 4.69) is 212 Å². The summed E-state index contributed by atoms with van der Waals surface area (Å²) in [7, 11) is 0. The van der Waals surface area contributed by atoms with Crippen molar-refractivity contribution in [3.8, 4) is 22.3 Å². The van der Waals surface area contributed by atoms with Gasteiger partial charge in [-0.1, -0.05) is 137 Å². The Morgan fingerprint density at radius 3 is 1.66 bits per heavy atom. The molecule has 1 heterocycles. The van der Waals surface area contributed by atoms with Gasteiger partial charge in [0.05, 0.1) is 17.4 Å². The molecule has 5 heteroatoms. The topological polar surface area (TPSA) is 61.8 Å². The number of allylic oxidation sites excluding steroid dienone is 2. The molecular formula is C54H57N5. The van der Waals surface area contributed by atoms with E-state index in [9.17, 15) is 0 Å². The second kappa shape index (κ2) is 17.7. The summed E-state index contributed by atoms with van der Waals surface area (Å²) in [5, 5.41) is 2.41. The van der Waals surface area contributed by atoms with Gasteiger partial charge in [-0.05, 0) is 113 Å². The van der Waals surface area contributed by atoms with Crippen LogP contribution in [0.1, 0.15) is 47.0 Å². The van der Waals surface area contributed by atoms with Gasteiger partial charge in [0.25, 0.3) is 0 Å². The molecule has 0 amide bonds. The van der Waals surface area contributed by atoms with Gasteiger partial charge in [0.2, 0.25) is 0 Å². The fourth-order valence-corrected chi connectivity index (χ4v) is 9.07. The minimum Gasteiger partial charge on any atom is -0.397 e. The summed E-state index contributed by atoms with van der Waals surface area (Å²) < 4.78 is 0. The molecule has 4 N–H and O–H groups in total. The van der Waals surface area contributed by atoms with E-state index in [0.29, 0.717) is 17.3 Å². The average molecular weight is 776 g/mol. The molecule has 298 valence electrons. The van der Waals surface area contributed by atoms with E-state index in [1.54, 1.807) is 0 Å². The van der Waals surface area contributed by atoms with Crippen molar-refractivity contribution >= 4 is 51.5 Å². The average Bonchev–Trinajstić information content (AvgIpc) is 3.42. The summed E-state index contributed by atoms with van der Waals surface area (Å²) >= 11 is 0. The molecular weight excluding hydrogens is 719 g/mol. The largest absolute Gasteiger partial charge is 0.397 e. The van der Waals surface area contributed by atoms with Crippen molar-refractivity contribution in [3.05, 3.63) is 174 Å². The first kappa shape index (κ1) is 39.5. The summed E-state index contributed by atoms with van der Waals surface area (Å²) in [4.78, 5) is 7.39. The van der Waals surface area contributed by atoms with Crippen LogP contribution in [0.4, 0.5) is 39.8 Å². The highest BCUT2D eigenvalue weighted by molar-refractivity contribution is 5.96. The Balaban J connectivity index is 1.31. The lowest BCUT2D eigenvalue weighted by atomic mass is 9.89. The third-order valence-corrected chi connectivity index (χ3v) is 11.8. The smallest absolute Gasteiger partial charge is 0.0640 e. The molecule has 2 unspecified atom stereocenters. The van der Waals surface area contributed by atoms with Crippen LogP contribution in [0.25, 0.3) is 33.9 Å². The summed E-state index contributed by atoms with van der Waals surface area (Å²) in [5.41, 5.74) is 27.1. The zero-order chi connectivity index (χ0) is 40.9. The maximum absolute atomic E-state index is 7.36. The van der Waals surface area contributed by atoms with Crippen molar-refractivity contribution in [2.24, 2.45) is 5.92 Å². The summed E-state index contributed by atoms with van der Waals surface area (Å²) in [6, 6.07) is 50.1. The van der Waals surface area contributed by atoms with Gasteiger partial charge >= 0.3 is 0 Å². The van der Waals surface area contributed by atoms with E-state index in [0.717, 1.165) is 77.4 Å². The van der Waals surface area contributed by atoms with E-state index in [1.807, 2.05) is 0 Å². The van der Waals surface area contributed by atoms with E-state index in [-0.39, 0.29) is 12.1 Å². The molecule has 1 aliphatic carbocycles. The standard InChI is InChI=1S/C54H57N5/c1-5-39-37-57(36-38(3)4)42(6-2)35-49-50(39)52(41-29-33-48(34-30-41)59(45-23-15-9-16-24-45)46-25-17-10-18-26-46)54(56)53(55)51(49)40-27-31-47(32-28-40)58(43-19-11-7-12-20-43)44-21-13-8-14-22-44/h7-21,23-35,38,42,44H,5-6,22,36-37,55-56H2,1-4H3. The van der Waals surface area contributed by atoms with Crippen molar-refractivity contribution in [1.82, 2.24) is 4.90 Å². The van der Waals surface area contributed by atoms with Crippen molar-refractivity contribution in [1.29, 1.82) is 0 Å². The number of nitrogens with zero attached hydrogens (tertiary/aromatic N) is 3. The third kappa shape index (κ3) is 8.08. The van der Waals surface area contributed by atoms with Crippen molar-refractivity contribution in [2.75, 3.05) is 34.4 Å². The van der Waals surface area contributed by atoms with Crippen LogP contribution in [-0.4, -0.2) is 30.1 Å². The molecule has 1 aliphatic heterocycles. The number of hydrogen-bond acceptors (Lipinski definition) is 5. The number of fused-ring (bicyclic) bond motifs is 1. The van der Waals surface area contributed by atoms with Gasteiger partial charge in [-0.3, -0.25) is 4.90 Å². The molecule has 6 aromatic carbocycles. The van der Waals surface area contributed by atoms with E-state index in [4.69, 9.17) is 11.5 Å². The number of nitrogen functional groups attached to an aromatic ring is 2. The SMILES string of the molecule is CCC1=c2c(-c3ccc(N(c4ccccc4)c4ccccc4)cc3)c(N)c(N)c(-c3ccc(N(c4ccccc4)C4C=CC=CC4)cc3)c2=CC(CC)N(CC(C)C)C1. The van der Waals surface area contributed by atoms with Crippen molar-refractivity contribution in [2.45, 2.75) is 59.0 Å². The number of nitrogens with two attached hydrogens (primary N) is 2. The molecule has 59 heavy (non-hydrogen) atoms. The molecule has 2 aliphatic rings. The molecule has 2 atom stereocenters. The Hall–Kier alpha value is -6.30. The zero-order valence-corrected chi connectivity index (χ0v) is 34.9. The van der Waals surface area contributed by atoms with Gasteiger partial charge in [-0.25, -0.2) is 0 Å². The fraction of sp³-hybridized carbons (Fsp3) is 0.222. The molecule has 0 spiro atoms. The van der Waals surface area contributed by atoms with Crippen LogP contribution < -0.4 is 31.7 Å². The lowest BCUT2D eigenvalue weighted by Gasteiger charge is -2.32. The van der Waals surface area contributed by atoms with Gasteiger partial charge in [0.1, 0.15) is 0 Å². The van der Waals surface area contributed by atoms with E-state index < -0.39 is 0 Å². The first-order chi connectivity index (χ1) is 28.9. The lowest BCUT2D eigenvalue weighted by molar-refractivity contribution is 0.234. The first-order valence-electron chi connectivity index (χ1n) is 21.3. The predicted octanol–water partition coefficient (Wildman–Crippen LogP) is 11.8. The second-order valence-electron chi connectivity index (χ2n) is 16.2. The highest BCUT2D eigenvalue weighted by Crippen LogP contribution is 2.39. The van der Waals surface area contributed by atoms with Crippen molar-refractivity contribution in [3.63, 3.8) is 0 Å². The monoisotopic (exact) mass is 775 g/mol. The maximum Gasteiger partial charge on any atom is 0.0640 e. The zero-order valence-electron chi connectivity index (χ0n) is 34.9. The molecule has 6 aromatic rings. The molecule has 0 saturated heterocycles.